The van der Waals surface area contributed by atoms with Crippen molar-refractivity contribution in [3.05, 3.63) is 12.3 Å². The molecule has 0 aliphatic heterocycles. The van der Waals surface area contributed by atoms with Gasteiger partial charge in [-0.3, -0.25) is 0 Å². The Labute approximate surface area is 57.3 Å². The van der Waals surface area contributed by atoms with E-state index < -0.39 is 0 Å². The molecule has 0 aliphatic carbocycles. The lowest BCUT2D eigenvalue weighted by Gasteiger charge is -2.12. The van der Waals surface area contributed by atoms with Gasteiger partial charge in [0.2, 0.25) is 0 Å². The van der Waals surface area contributed by atoms with Crippen molar-refractivity contribution in [2.75, 3.05) is 7.05 Å². The summed E-state index contributed by atoms with van der Waals surface area (Å²) in [6.07, 6.45) is 1.13. The van der Waals surface area contributed by atoms with Crippen molar-refractivity contribution in [1.82, 2.24) is 10.9 Å². The highest BCUT2D eigenvalue weighted by molar-refractivity contribution is 4.93. The molecule has 0 rings (SSSR count). The summed E-state index contributed by atoms with van der Waals surface area (Å²) >= 11 is 0. The van der Waals surface area contributed by atoms with E-state index in [1.165, 1.54) is 0 Å². The maximum atomic E-state index is 3.84. The molecule has 0 aromatic rings. The van der Waals surface area contributed by atoms with Crippen molar-refractivity contribution < 1.29 is 0 Å². The number of hydrazine groups is 1. The fraction of sp³-hybridized carbons (Fsp3) is 0.714. The van der Waals surface area contributed by atoms with Crippen molar-refractivity contribution >= 4 is 0 Å². The highest BCUT2D eigenvalue weighted by atomic mass is 15.3. The minimum atomic E-state index is 0.553. The minimum Gasteiger partial charge on any atom is -0.326 e. The van der Waals surface area contributed by atoms with Crippen LogP contribution < -0.4 is 10.9 Å². The zero-order chi connectivity index (χ0) is 7.28. The third-order valence-corrected chi connectivity index (χ3v) is 1.49. The molecule has 0 saturated carbocycles. The van der Waals surface area contributed by atoms with Gasteiger partial charge in [0.15, 0.2) is 0 Å². The van der Waals surface area contributed by atoms with E-state index >= 15 is 0 Å². The molecule has 0 bridgehead atoms. The maximum absolute atomic E-state index is 3.84. The molecule has 2 N–H and O–H groups in total. The van der Waals surface area contributed by atoms with E-state index in [2.05, 4.69) is 31.3 Å². The molecule has 2 nitrogen and oxygen atoms in total. The van der Waals surface area contributed by atoms with Gasteiger partial charge in [-0.1, -0.05) is 20.4 Å². The topological polar surface area (TPSA) is 24.1 Å². The molecule has 0 saturated heterocycles. The Morgan fingerprint density at radius 1 is 1.67 bits per heavy atom. The first-order valence-electron chi connectivity index (χ1n) is 3.33. The van der Waals surface area contributed by atoms with Crippen molar-refractivity contribution in [2.24, 2.45) is 5.92 Å². The summed E-state index contributed by atoms with van der Waals surface area (Å²) in [6.45, 7) is 8.13. The van der Waals surface area contributed by atoms with Gasteiger partial charge < -0.3 is 5.43 Å². The van der Waals surface area contributed by atoms with Crippen LogP contribution in [0.15, 0.2) is 12.3 Å². The van der Waals surface area contributed by atoms with E-state index in [-0.39, 0.29) is 0 Å². The molecule has 54 valence electrons. The Bertz CT molecular complexity index is 88.9. The average molecular weight is 128 g/mol. The second kappa shape index (κ2) is 4.39. The zero-order valence-electron chi connectivity index (χ0n) is 6.49. The number of rotatable bonds is 4. The van der Waals surface area contributed by atoms with E-state index in [0.717, 1.165) is 12.1 Å². The molecule has 0 heterocycles. The summed E-state index contributed by atoms with van der Waals surface area (Å²) in [5.41, 5.74) is 6.84. The number of nitrogens with one attached hydrogen (secondary N) is 2. The Kier molecular flexibility index (Phi) is 4.14. The molecule has 2 heteroatoms. The Balaban J connectivity index is 3.46. The van der Waals surface area contributed by atoms with Crippen LogP contribution in [0.2, 0.25) is 0 Å². The first-order valence-corrected chi connectivity index (χ1v) is 3.33. The SMILES string of the molecule is C=C(NNC)C(C)CC. The van der Waals surface area contributed by atoms with Gasteiger partial charge in [-0.25, -0.2) is 5.43 Å². The molecule has 0 aromatic carbocycles. The van der Waals surface area contributed by atoms with Gasteiger partial charge in [0.05, 0.1) is 0 Å². The normalized spacial score (nSPS) is 12.8. The Morgan fingerprint density at radius 2 is 2.22 bits per heavy atom. The van der Waals surface area contributed by atoms with Crippen LogP contribution in [0.3, 0.4) is 0 Å². The number of hydrogen-bond donors (Lipinski definition) is 2. The molecule has 1 unspecified atom stereocenters. The molecule has 0 fully saturated rings. The summed E-state index contributed by atoms with van der Waals surface area (Å²) in [6, 6.07) is 0. The lowest BCUT2D eigenvalue weighted by atomic mass is 10.1. The first-order chi connectivity index (χ1) is 4.22. The smallest absolute Gasteiger partial charge is 0.0218 e. The van der Waals surface area contributed by atoms with E-state index in [9.17, 15) is 0 Å². The summed E-state index contributed by atoms with van der Waals surface area (Å²) in [5, 5.41) is 0. The standard InChI is InChI=1S/C7H16N2/c1-5-6(2)7(3)9-8-4/h6,8-9H,3,5H2,1-2,4H3. The lowest BCUT2D eigenvalue weighted by Crippen LogP contribution is -2.28. The van der Waals surface area contributed by atoms with Crippen molar-refractivity contribution in [2.45, 2.75) is 20.3 Å². The van der Waals surface area contributed by atoms with Gasteiger partial charge in [-0.15, -0.1) is 0 Å². The van der Waals surface area contributed by atoms with Crippen molar-refractivity contribution in [3.63, 3.8) is 0 Å². The quantitative estimate of drug-likeness (QED) is 0.557. The highest BCUT2D eigenvalue weighted by Gasteiger charge is 2.00. The van der Waals surface area contributed by atoms with Crippen molar-refractivity contribution in [1.29, 1.82) is 0 Å². The predicted octanol–water partition coefficient (Wildman–Crippen LogP) is 1.27. The fourth-order valence-corrected chi connectivity index (χ4v) is 0.530. The maximum Gasteiger partial charge on any atom is 0.0218 e. The van der Waals surface area contributed by atoms with Crippen LogP contribution in [0.4, 0.5) is 0 Å². The predicted molar refractivity (Wildman–Crippen MR) is 40.8 cm³/mol. The molecular formula is C7H16N2. The van der Waals surface area contributed by atoms with Gasteiger partial charge in [-0.2, -0.15) is 0 Å². The first kappa shape index (κ1) is 8.50. The van der Waals surface area contributed by atoms with Crippen LogP contribution in [0.5, 0.6) is 0 Å². The average Bonchev–Trinajstić information content (AvgIpc) is 1.87. The van der Waals surface area contributed by atoms with Gasteiger partial charge in [0.1, 0.15) is 0 Å². The minimum absolute atomic E-state index is 0.553. The monoisotopic (exact) mass is 128 g/mol. The molecule has 0 aromatic heterocycles. The second-order valence-corrected chi connectivity index (χ2v) is 2.21. The molecular weight excluding hydrogens is 112 g/mol. The van der Waals surface area contributed by atoms with Gasteiger partial charge in [-0.05, 0) is 12.3 Å². The van der Waals surface area contributed by atoms with Crippen LogP contribution in [0.25, 0.3) is 0 Å². The van der Waals surface area contributed by atoms with Crippen LogP contribution >= 0.6 is 0 Å². The van der Waals surface area contributed by atoms with Crippen LogP contribution in [-0.4, -0.2) is 7.05 Å². The molecule has 0 aliphatic rings. The Hall–Kier alpha value is -0.500. The van der Waals surface area contributed by atoms with E-state index in [1.807, 2.05) is 7.05 Å². The number of allylic oxidation sites excluding steroid dienone is 1. The van der Waals surface area contributed by atoms with E-state index in [0.29, 0.717) is 5.92 Å². The van der Waals surface area contributed by atoms with Crippen LogP contribution in [0, 0.1) is 5.92 Å². The molecule has 9 heavy (non-hydrogen) atoms. The van der Waals surface area contributed by atoms with Gasteiger partial charge in [0, 0.05) is 12.7 Å². The summed E-state index contributed by atoms with van der Waals surface area (Å²) in [5.74, 6) is 0.553. The third-order valence-electron chi connectivity index (χ3n) is 1.49. The summed E-state index contributed by atoms with van der Waals surface area (Å²) < 4.78 is 0. The molecule has 1 atom stereocenters. The second-order valence-electron chi connectivity index (χ2n) is 2.21. The lowest BCUT2D eigenvalue weighted by molar-refractivity contribution is 0.553. The van der Waals surface area contributed by atoms with Gasteiger partial charge >= 0.3 is 0 Å². The molecule has 0 amide bonds. The highest BCUT2D eigenvalue weighted by Crippen LogP contribution is 2.06. The fourth-order valence-electron chi connectivity index (χ4n) is 0.530. The molecule has 0 radical (unpaired) electrons. The summed E-state index contributed by atoms with van der Waals surface area (Å²) in [4.78, 5) is 0. The largest absolute Gasteiger partial charge is 0.326 e. The van der Waals surface area contributed by atoms with Crippen LogP contribution in [-0.2, 0) is 0 Å². The van der Waals surface area contributed by atoms with Gasteiger partial charge in [0.25, 0.3) is 0 Å². The van der Waals surface area contributed by atoms with Crippen molar-refractivity contribution in [3.8, 4) is 0 Å². The molecule has 0 spiro atoms. The van der Waals surface area contributed by atoms with Crippen LogP contribution in [0.1, 0.15) is 20.3 Å². The summed E-state index contributed by atoms with van der Waals surface area (Å²) in [7, 11) is 1.84. The van der Waals surface area contributed by atoms with E-state index in [4.69, 9.17) is 0 Å². The Morgan fingerprint density at radius 3 is 2.56 bits per heavy atom. The number of hydrogen-bond acceptors (Lipinski definition) is 2. The third kappa shape index (κ3) is 3.14. The van der Waals surface area contributed by atoms with E-state index in [1.54, 1.807) is 0 Å². The zero-order valence-corrected chi connectivity index (χ0v) is 6.49.